The number of β-amino-alcohol motifs (C(OH)–C–C–N with tert-alkyl or cyclic N) is 1. The van der Waals surface area contributed by atoms with Crippen LogP contribution in [0.3, 0.4) is 0 Å². The molecule has 0 unspecified atom stereocenters. The van der Waals surface area contributed by atoms with Gasteiger partial charge in [-0.2, -0.15) is 0 Å². The van der Waals surface area contributed by atoms with Crippen molar-refractivity contribution >= 4 is 0 Å². The van der Waals surface area contributed by atoms with Gasteiger partial charge in [-0.15, -0.1) is 0 Å². The van der Waals surface area contributed by atoms with Gasteiger partial charge in [-0.25, -0.2) is 0 Å². The fraction of sp³-hybridized carbons (Fsp3) is 0.714. The third-order valence-corrected chi connectivity index (χ3v) is 5.49. The first kappa shape index (κ1) is 21.3. The molecule has 7 nitrogen and oxygen atoms in total. The molecule has 28 heavy (non-hydrogen) atoms. The van der Waals surface area contributed by atoms with Crippen molar-refractivity contribution in [2.75, 3.05) is 73.7 Å². The van der Waals surface area contributed by atoms with E-state index >= 15 is 0 Å². The van der Waals surface area contributed by atoms with Gasteiger partial charge in [-0.05, 0) is 38.2 Å². The zero-order chi connectivity index (χ0) is 19.9. The van der Waals surface area contributed by atoms with E-state index in [0.29, 0.717) is 13.2 Å². The molecule has 0 aliphatic carbocycles. The highest BCUT2D eigenvalue weighted by molar-refractivity contribution is 5.43. The Morgan fingerprint density at radius 1 is 1.18 bits per heavy atom. The molecular formula is C21H35N3O4. The summed E-state index contributed by atoms with van der Waals surface area (Å²) >= 11 is 0. The molecule has 2 aliphatic rings. The number of hydrogen-bond donors (Lipinski definition) is 1. The molecule has 0 radical (unpaired) electrons. The van der Waals surface area contributed by atoms with Gasteiger partial charge in [-0.1, -0.05) is 6.07 Å². The Labute approximate surface area is 168 Å². The van der Waals surface area contributed by atoms with Crippen LogP contribution in [0.1, 0.15) is 12.0 Å². The lowest BCUT2D eigenvalue weighted by molar-refractivity contribution is -0.00618. The van der Waals surface area contributed by atoms with Crippen LogP contribution >= 0.6 is 0 Å². The third-order valence-electron chi connectivity index (χ3n) is 5.49. The number of likely N-dealkylation sites (tertiary alicyclic amines) is 1. The number of methoxy groups -OCH3 is 1. The normalized spacial score (nSPS) is 24.0. The summed E-state index contributed by atoms with van der Waals surface area (Å²) < 4.78 is 16.9. The minimum atomic E-state index is -0.306. The molecule has 3 rings (SSSR count). The summed E-state index contributed by atoms with van der Waals surface area (Å²) in [6.07, 6.45) is 0.672. The Morgan fingerprint density at radius 2 is 1.96 bits per heavy atom. The van der Waals surface area contributed by atoms with E-state index in [2.05, 4.69) is 40.9 Å². The van der Waals surface area contributed by atoms with Crippen molar-refractivity contribution in [2.45, 2.75) is 25.1 Å². The molecule has 2 atom stereocenters. The first-order valence-corrected chi connectivity index (χ1v) is 10.2. The van der Waals surface area contributed by atoms with Gasteiger partial charge in [0, 0.05) is 45.3 Å². The number of nitrogens with zero attached hydrogens (tertiary/aromatic N) is 3. The molecule has 2 aliphatic heterocycles. The van der Waals surface area contributed by atoms with Crippen molar-refractivity contribution in [1.82, 2.24) is 14.7 Å². The van der Waals surface area contributed by atoms with Gasteiger partial charge in [-0.3, -0.25) is 9.80 Å². The zero-order valence-corrected chi connectivity index (χ0v) is 17.5. The van der Waals surface area contributed by atoms with Crippen LogP contribution in [0, 0.1) is 0 Å². The molecule has 2 heterocycles. The summed E-state index contributed by atoms with van der Waals surface area (Å²) in [5.41, 5.74) is 1.17. The molecule has 0 amide bonds. The highest BCUT2D eigenvalue weighted by atomic mass is 16.5. The average Bonchev–Trinajstić information content (AvgIpc) is 3.06. The lowest BCUT2D eigenvalue weighted by Gasteiger charge is -2.33. The van der Waals surface area contributed by atoms with Gasteiger partial charge in [0.2, 0.25) is 0 Å². The average molecular weight is 394 g/mol. The van der Waals surface area contributed by atoms with Crippen LogP contribution in [0.25, 0.3) is 0 Å². The van der Waals surface area contributed by atoms with Gasteiger partial charge in [0.1, 0.15) is 0 Å². The summed E-state index contributed by atoms with van der Waals surface area (Å²) in [5.74, 6) is 1.56. The summed E-state index contributed by atoms with van der Waals surface area (Å²) in [6.45, 7) is 7.39. The molecule has 2 saturated heterocycles. The number of morpholine rings is 1. The number of aliphatic hydroxyl groups excluding tert-OH is 1. The van der Waals surface area contributed by atoms with E-state index in [-0.39, 0.29) is 12.1 Å². The summed E-state index contributed by atoms with van der Waals surface area (Å²) in [5, 5.41) is 10.5. The SMILES string of the molecule is COc1cc(CN2C[C@H](O)[C@@H](N3CCOCC3)C2)ccc1OCCCN(C)C. The maximum absolute atomic E-state index is 10.5. The summed E-state index contributed by atoms with van der Waals surface area (Å²) in [4.78, 5) is 6.83. The minimum Gasteiger partial charge on any atom is -0.493 e. The first-order chi connectivity index (χ1) is 13.6. The second kappa shape index (κ2) is 10.4. The molecular weight excluding hydrogens is 358 g/mol. The van der Waals surface area contributed by atoms with Crippen LogP contribution in [-0.2, 0) is 11.3 Å². The van der Waals surface area contributed by atoms with Crippen molar-refractivity contribution in [3.8, 4) is 11.5 Å². The number of rotatable bonds is 9. The zero-order valence-electron chi connectivity index (χ0n) is 17.5. The molecule has 2 fully saturated rings. The van der Waals surface area contributed by atoms with E-state index < -0.39 is 0 Å². The van der Waals surface area contributed by atoms with E-state index in [4.69, 9.17) is 14.2 Å². The number of hydrogen-bond acceptors (Lipinski definition) is 7. The Morgan fingerprint density at radius 3 is 2.68 bits per heavy atom. The fourth-order valence-corrected chi connectivity index (χ4v) is 3.99. The molecule has 1 N–H and O–H groups in total. The van der Waals surface area contributed by atoms with Crippen LogP contribution in [0.2, 0.25) is 0 Å². The van der Waals surface area contributed by atoms with E-state index in [1.807, 2.05) is 6.07 Å². The maximum atomic E-state index is 10.5. The topological polar surface area (TPSA) is 57.6 Å². The van der Waals surface area contributed by atoms with Crippen molar-refractivity contribution in [3.05, 3.63) is 23.8 Å². The van der Waals surface area contributed by atoms with E-state index in [1.54, 1.807) is 7.11 Å². The molecule has 7 heteroatoms. The van der Waals surface area contributed by atoms with Gasteiger partial charge in [0.25, 0.3) is 0 Å². The molecule has 158 valence electrons. The number of aliphatic hydroxyl groups is 1. The fourth-order valence-electron chi connectivity index (χ4n) is 3.99. The second-order valence-corrected chi connectivity index (χ2v) is 7.97. The van der Waals surface area contributed by atoms with Crippen molar-refractivity contribution in [2.24, 2.45) is 0 Å². The maximum Gasteiger partial charge on any atom is 0.161 e. The Balaban J connectivity index is 1.54. The van der Waals surface area contributed by atoms with Crippen LogP contribution < -0.4 is 9.47 Å². The predicted octanol–water partition coefficient (Wildman–Crippen LogP) is 0.903. The Kier molecular flexibility index (Phi) is 7.93. The summed E-state index contributed by atoms with van der Waals surface area (Å²) in [6, 6.07) is 6.34. The molecule has 0 aromatic heterocycles. The van der Waals surface area contributed by atoms with E-state index in [1.165, 1.54) is 5.56 Å². The quantitative estimate of drug-likeness (QED) is 0.626. The van der Waals surface area contributed by atoms with Crippen molar-refractivity contribution in [3.63, 3.8) is 0 Å². The van der Waals surface area contributed by atoms with Crippen molar-refractivity contribution in [1.29, 1.82) is 0 Å². The lowest BCUT2D eigenvalue weighted by Crippen LogP contribution is -2.48. The lowest BCUT2D eigenvalue weighted by atomic mass is 10.1. The van der Waals surface area contributed by atoms with E-state index in [0.717, 1.165) is 63.9 Å². The number of benzene rings is 1. The molecule has 0 spiro atoms. The van der Waals surface area contributed by atoms with Gasteiger partial charge < -0.3 is 24.2 Å². The van der Waals surface area contributed by atoms with Crippen LogP contribution in [0.15, 0.2) is 18.2 Å². The summed E-state index contributed by atoms with van der Waals surface area (Å²) in [7, 11) is 5.81. The molecule has 0 saturated carbocycles. The minimum absolute atomic E-state index is 0.199. The van der Waals surface area contributed by atoms with Gasteiger partial charge in [0.15, 0.2) is 11.5 Å². The van der Waals surface area contributed by atoms with Crippen LogP contribution in [-0.4, -0.2) is 106 Å². The highest BCUT2D eigenvalue weighted by Gasteiger charge is 2.35. The van der Waals surface area contributed by atoms with Crippen LogP contribution in [0.4, 0.5) is 0 Å². The monoisotopic (exact) mass is 393 g/mol. The highest BCUT2D eigenvalue weighted by Crippen LogP contribution is 2.29. The van der Waals surface area contributed by atoms with Gasteiger partial charge in [0.05, 0.1) is 33.0 Å². The molecule has 1 aromatic rings. The second-order valence-electron chi connectivity index (χ2n) is 7.97. The van der Waals surface area contributed by atoms with Crippen LogP contribution in [0.5, 0.6) is 11.5 Å². The molecule has 1 aromatic carbocycles. The smallest absolute Gasteiger partial charge is 0.161 e. The first-order valence-electron chi connectivity index (χ1n) is 10.2. The Hall–Kier alpha value is -1.38. The van der Waals surface area contributed by atoms with Gasteiger partial charge >= 0.3 is 0 Å². The van der Waals surface area contributed by atoms with Crippen molar-refractivity contribution < 1.29 is 19.3 Å². The largest absolute Gasteiger partial charge is 0.493 e. The Bertz CT molecular complexity index is 607. The standard InChI is InChI=1S/C21H35N3O4/c1-22(2)7-4-10-28-20-6-5-17(13-21(20)26-3)14-23-15-18(19(25)16-23)24-8-11-27-12-9-24/h5-6,13,18-19,25H,4,7-12,14-16H2,1-3H3/t18-,19-/m0/s1. The number of ether oxygens (including phenoxy) is 3. The predicted molar refractivity (Wildman–Crippen MR) is 109 cm³/mol. The third kappa shape index (κ3) is 5.81. The van der Waals surface area contributed by atoms with E-state index in [9.17, 15) is 5.11 Å². The molecule has 0 bridgehead atoms.